The summed E-state index contributed by atoms with van der Waals surface area (Å²) in [6.07, 6.45) is 6.21. The molecule has 0 radical (unpaired) electrons. The lowest BCUT2D eigenvalue weighted by molar-refractivity contribution is 0.439. The Bertz CT molecular complexity index is 1280. The minimum Gasteiger partial charge on any atom is -0.350 e. The molecule has 1 N–H and O–H groups in total. The summed E-state index contributed by atoms with van der Waals surface area (Å²) in [4.78, 5) is 13.2. The average Bonchev–Trinajstić information content (AvgIpc) is 3.40. The molecule has 4 aromatic rings. The topological polar surface area (TPSA) is 83.5 Å². The molecule has 7 heteroatoms. The van der Waals surface area contributed by atoms with Crippen LogP contribution in [-0.4, -0.2) is 42.7 Å². The quantitative estimate of drug-likeness (QED) is 0.316. The van der Waals surface area contributed by atoms with Crippen LogP contribution in [-0.2, 0) is 12.8 Å². The van der Waals surface area contributed by atoms with E-state index in [4.69, 9.17) is 9.97 Å². The minimum absolute atomic E-state index is 0.344. The Morgan fingerprint density at radius 1 is 0.889 bits per heavy atom. The number of anilines is 1. The average molecular weight is 482 g/mol. The largest absolute Gasteiger partial charge is 0.350 e. The second-order valence-corrected chi connectivity index (χ2v) is 10.2. The molecule has 0 bridgehead atoms. The zero-order valence-electron chi connectivity index (χ0n) is 21.7. The molecule has 3 heterocycles. The molecule has 186 valence electrons. The summed E-state index contributed by atoms with van der Waals surface area (Å²) in [7, 11) is 0. The maximum atomic E-state index is 5.36. The predicted molar refractivity (Wildman–Crippen MR) is 144 cm³/mol. The van der Waals surface area contributed by atoms with Gasteiger partial charge in [0.15, 0.2) is 11.6 Å². The number of hydrogen-bond acceptors (Lipinski definition) is 6. The fourth-order valence-corrected chi connectivity index (χ4v) is 5.18. The van der Waals surface area contributed by atoms with Gasteiger partial charge >= 0.3 is 0 Å². The van der Waals surface area contributed by atoms with Gasteiger partial charge in [0.1, 0.15) is 0 Å². The Hall–Kier alpha value is -3.61. The number of nitrogens with one attached hydrogen (secondary N) is 1. The summed E-state index contributed by atoms with van der Waals surface area (Å²) in [6.45, 7) is 8.77. The van der Waals surface area contributed by atoms with E-state index >= 15 is 0 Å². The first-order valence-corrected chi connectivity index (χ1v) is 13.0. The lowest BCUT2D eigenvalue weighted by Crippen LogP contribution is -2.45. The zero-order chi connectivity index (χ0) is 25.1. The molecule has 1 aliphatic heterocycles. The molecule has 1 aliphatic rings. The molecule has 7 nitrogen and oxygen atoms in total. The highest BCUT2D eigenvalue weighted by Gasteiger charge is 2.31. The molecule has 2 aromatic carbocycles. The van der Waals surface area contributed by atoms with Gasteiger partial charge in [0, 0.05) is 29.6 Å². The van der Waals surface area contributed by atoms with Crippen molar-refractivity contribution in [3.63, 3.8) is 0 Å². The van der Waals surface area contributed by atoms with E-state index in [1.54, 1.807) is 0 Å². The smallest absolute Gasteiger partial charge is 0.174 e. The molecule has 0 aliphatic carbocycles. The van der Waals surface area contributed by atoms with Crippen molar-refractivity contribution >= 4 is 5.82 Å². The molecule has 0 saturated heterocycles. The first kappa shape index (κ1) is 24.1. The summed E-state index contributed by atoms with van der Waals surface area (Å²) in [5.41, 5.74) is 7.75. The van der Waals surface area contributed by atoms with Crippen molar-refractivity contribution in [2.24, 2.45) is 0 Å². The summed E-state index contributed by atoms with van der Waals surface area (Å²) < 4.78 is 0. The van der Waals surface area contributed by atoms with Crippen molar-refractivity contribution in [3.05, 3.63) is 71.2 Å². The summed E-state index contributed by atoms with van der Waals surface area (Å²) in [5, 5.41) is 14.4. The van der Waals surface area contributed by atoms with E-state index in [0.29, 0.717) is 12.1 Å². The Labute approximate surface area is 213 Å². The number of rotatable bonds is 8. The Balaban J connectivity index is 1.48. The molecule has 5 rings (SSSR count). The lowest BCUT2D eigenvalue weighted by atomic mass is 9.94. The number of aromatic nitrogens is 6. The fourth-order valence-electron chi connectivity index (χ4n) is 5.18. The monoisotopic (exact) mass is 481 g/mol. The number of benzene rings is 2. The van der Waals surface area contributed by atoms with Gasteiger partial charge in [-0.1, -0.05) is 71.3 Å². The molecule has 2 aromatic heterocycles. The first-order valence-electron chi connectivity index (χ1n) is 13.0. The Morgan fingerprint density at radius 2 is 1.53 bits per heavy atom. The van der Waals surface area contributed by atoms with Crippen LogP contribution in [0.25, 0.3) is 22.5 Å². The summed E-state index contributed by atoms with van der Waals surface area (Å²) in [6, 6.07) is 18.1. The van der Waals surface area contributed by atoms with Crippen LogP contribution < -0.4 is 4.90 Å². The molecule has 0 amide bonds. The van der Waals surface area contributed by atoms with E-state index in [0.717, 1.165) is 78.4 Å². The van der Waals surface area contributed by atoms with E-state index in [9.17, 15) is 0 Å². The predicted octanol–water partition coefficient (Wildman–Crippen LogP) is 5.88. The molecule has 36 heavy (non-hydrogen) atoms. The Kier molecular flexibility index (Phi) is 7.07. The van der Waals surface area contributed by atoms with Crippen LogP contribution in [0.3, 0.4) is 0 Å². The molecule has 0 spiro atoms. The number of unbranched alkanes of at least 4 members (excludes halogenated alkanes) is 1. The van der Waals surface area contributed by atoms with Crippen LogP contribution in [0.1, 0.15) is 62.2 Å². The number of aromatic amines is 1. The first-order chi connectivity index (χ1) is 17.5. The van der Waals surface area contributed by atoms with Crippen molar-refractivity contribution in [1.29, 1.82) is 0 Å². The van der Waals surface area contributed by atoms with Gasteiger partial charge in [0.25, 0.3) is 0 Å². The standard InChI is InChI=1S/C29H35N7/c1-19(2)36-24(7-5-6-8-26-32-34-35-33-26)17-18-25-29(36)31-28(23-15-11-21(4)12-16-23)27(30-25)22-13-9-20(3)10-14-22/h9-16,19,24H,5-8,17-18H2,1-4H3,(H,32,33,34,35). The number of hydrogen-bond donors (Lipinski definition) is 1. The van der Waals surface area contributed by atoms with Crippen LogP contribution >= 0.6 is 0 Å². The second kappa shape index (κ2) is 10.6. The van der Waals surface area contributed by atoms with E-state index in [1.807, 2.05) is 0 Å². The van der Waals surface area contributed by atoms with E-state index in [1.165, 1.54) is 11.1 Å². The van der Waals surface area contributed by atoms with Gasteiger partial charge < -0.3 is 4.90 Å². The van der Waals surface area contributed by atoms with Gasteiger partial charge in [-0.2, -0.15) is 5.21 Å². The molecule has 1 unspecified atom stereocenters. The Morgan fingerprint density at radius 3 is 2.11 bits per heavy atom. The summed E-state index contributed by atoms with van der Waals surface area (Å²) in [5.74, 6) is 1.84. The van der Waals surface area contributed by atoms with Gasteiger partial charge in [-0.15, -0.1) is 10.2 Å². The van der Waals surface area contributed by atoms with Crippen molar-refractivity contribution < 1.29 is 0 Å². The molecule has 0 fully saturated rings. The molecular formula is C29H35N7. The third-order valence-corrected chi connectivity index (χ3v) is 7.08. The van der Waals surface area contributed by atoms with Crippen LogP contribution in [0.4, 0.5) is 5.82 Å². The second-order valence-electron chi connectivity index (χ2n) is 10.2. The molecule has 1 atom stereocenters. The summed E-state index contributed by atoms with van der Waals surface area (Å²) >= 11 is 0. The van der Waals surface area contributed by atoms with Crippen LogP contribution in [0.15, 0.2) is 48.5 Å². The lowest BCUT2D eigenvalue weighted by Gasteiger charge is -2.41. The highest BCUT2D eigenvalue weighted by Crippen LogP contribution is 2.38. The van der Waals surface area contributed by atoms with Crippen molar-refractivity contribution in [3.8, 4) is 22.5 Å². The number of nitrogens with zero attached hydrogens (tertiary/aromatic N) is 6. The maximum absolute atomic E-state index is 5.36. The number of H-pyrrole nitrogens is 1. The van der Waals surface area contributed by atoms with E-state index in [2.05, 4.69) is 102 Å². The molecule has 0 saturated carbocycles. The minimum atomic E-state index is 0.344. The van der Waals surface area contributed by atoms with Gasteiger partial charge in [0.2, 0.25) is 0 Å². The van der Waals surface area contributed by atoms with Crippen molar-refractivity contribution in [1.82, 2.24) is 30.6 Å². The van der Waals surface area contributed by atoms with Crippen LogP contribution in [0, 0.1) is 13.8 Å². The highest BCUT2D eigenvalue weighted by atomic mass is 15.5. The number of fused-ring (bicyclic) bond motifs is 1. The van der Waals surface area contributed by atoms with Crippen molar-refractivity contribution in [2.45, 2.75) is 78.3 Å². The normalized spacial score (nSPS) is 15.4. The third-order valence-electron chi connectivity index (χ3n) is 7.08. The SMILES string of the molecule is Cc1ccc(-c2nc3c(nc2-c2ccc(C)cc2)N(C(C)C)C(CCCCc2nn[nH]n2)CC3)cc1. The highest BCUT2D eigenvalue weighted by molar-refractivity contribution is 5.80. The maximum Gasteiger partial charge on any atom is 0.174 e. The number of aryl methyl sites for hydroxylation is 4. The molecular weight excluding hydrogens is 446 g/mol. The van der Waals surface area contributed by atoms with Crippen molar-refractivity contribution in [2.75, 3.05) is 4.90 Å². The van der Waals surface area contributed by atoms with Gasteiger partial charge in [-0.05, 0) is 53.4 Å². The third kappa shape index (κ3) is 5.15. The fraction of sp³-hybridized carbons (Fsp3) is 0.414. The number of tetrazole rings is 1. The van der Waals surface area contributed by atoms with E-state index in [-0.39, 0.29) is 0 Å². The van der Waals surface area contributed by atoms with E-state index < -0.39 is 0 Å². The van der Waals surface area contributed by atoms with Gasteiger partial charge in [-0.3, -0.25) is 0 Å². The zero-order valence-corrected chi connectivity index (χ0v) is 21.7. The van der Waals surface area contributed by atoms with Crippen LogP contribution in [0.5, 0.6) is 0 Å². The van der Waals surface area contributed by atoms with Gasteiger partial charge in [-0.25, -0.2) is 9.97 Å². The van der Waals surface area contributed by atoms with Gasteiger partial charge in [0.05, 0.1) is 17.1 Å². The van der Waals surface area contributed by atoms with Crippen LogP contribution in [0.2, 0.25) is 0 Å².